The van der Waals surface area contributed by atoms with E-state index >= 15 is 0 Å². The fourth-order valence-electron chi connectivity index (χ4n) is 2.23. The standard InChI is InChI=1S/C17H16ClN3O2/c1-11-4-2-3-5-13(11)17-20-16(21-23-17)9-19-15-8-12(10-22)6-7-14(15)18/h2-8,19,22H,9-10H2,1H3. The third-order valence-electron chi connectivity index (χ3n) is 3.49. The van der Waals surface area contributed by atoms with E-state index in [1.807, 2.05) is 31.2 Å². The molecule has 2 aromatic carbocycles. The fraction of sp³-hybridized carbons (Fsp3) is 0.176. The van der Waals surface area contributed by atoms with Crippen LogP contribution < -0.4 is 5.32 Å². The van der Waals surface area contributed by atoms with E-state index < -0.39 is 0 Å². The van der Waals surface area contributed by atoms with Crippen molar-refractivity contribution in [1.29, 1.82) is 0 Å². The minimum Gasteiger partial charge on any atom is -0.392 e. The molecule has 2 N–H and O–H groups in total. The highest BCUT2D eigenvalue weighted by Crippen LogP contribution is 2.24. The van der Waals surface area contributed by atoms with E-state index in [4.69, 9.17) is 16.1 Å². The molecule has 0 spiro atoms. The summed E-state index contributed by atoms with van der Waals surface area (Å²) in [6.07, 6.45) is 0. The summed E-state index contributed by atoms with van der Waals surface area (Å²) in [4.78, 5) is 4.40. The maximum Gasteiger partial charge on any atom is 0.258 e. The van der Waals surface area contributed by atoms with Crippen molar-refractivity contribution >= 4 is 17.3 Å². The molecule has 5 nitrogen and oxygen atoms in total. The summed E-state index contributed by atoms with van der Waals surface area (Å²) in [5.74, 6) is 1.03. The predicted molar refractivity (Wildman–Crippen MR) is 89.2 cm³/mol. The molecule has 0 radical (unpaired) electrons. The van der Waals surface area contributed by atoms with Crippen LogP contribution in [0.4, 0.5) is 5.69 Å². The summed E-state index contributed by atoms with van der Waals surface area (Å²) in [5, 5.41) is 16.9. The summed E-state index contributed by atoms with van der Waals surface area (Å²) >= 11 is 6.13. The van der Waals surface area contributed by atoms with E-state index in [0.717, 1.165) is 22.4 Å². The summed E-state index contributed by atoms with van der Waals surface area (Å²) in [5.41, 5.74) is 3.51. The van der Waals surface area contributed by atoms with Crippen LogP contribution in [0.15, 0.2) is 47.0 Å². The number of aryl methyl sites for hydroxylation is 1. The molecule has 0 amide bonds. The van der Waals surface area contributed by atoms with E-state index in [1.54, 1.807) is 18.2 Å². The van der Waals surface area contributed by atoms with Crippen molar-refractivity contribution in [3.63, 3.8) is 0 Å². The Balaban J connectivity index is 1.74. The second kappa shape index (κ2) is 6.81. The van der Waals surface area contributed by atoms with Crippen LogP contribution in [-0.2, 0) is 13.2 Å². The van der Waals surface area contributed by atoms with Gasteiger partial charge in [-0.1, -0.05) is 41.0 Å². The summed E-state index contributed by atoms with van der Waals surface area (Å²) in [6, 6.07) is 13.2. The topological polar surface area (TPSA) is 71.2 Å². The van der Waals surface area contributed by atoms with Crippen molar-refractivity contribution < 1.29 is 9.63 Å². The van der Waals surface area contributed by atoms with E-state index in [1.165, 1.54) is 0 Å². The predicted octanol–water partition coefficient (Wildman–Crippen LogP) is 3.80. The lowest BCUT2D eigenvalue weighted by Crippen LogP contribution is -2.02. The van der Waals surface area contributed by atoms with Crippen LogP contribution in [0.2, 0.25) is 5.02 Å². The van der Waals surface area contributed by atoms with Gasteiger partial charge in [-0.3, -0.25) is 0 Å². The van der Waals surface area contributed by atoms with Gasteiger partial charge in [0.2, 0.25) is 0 Å². The first-order chi connectivity index (χ1) is 11.2. The zero-order valence-electron chi connectivity index (χ0n) is 12.6. The van der Waals surface area contributed by atoms with Gasteiger partial charge in [-0.25, -0.2) is 0 Å². The molecule has 0 saturated heterocycles. The third kappa shape index (κ3) is 3.52. The Morgan fingerprint density at radius 3 is 2.83 bits per heavy atom. The van der Waals surface area contributed by atoms with Gasteiger partial charge in [0.25, 0.3) is 5.89 Å². The van der Waals surface area contributed by atoms with Gasteiger partial charge in [0.15, 0.2) is 5.82 Å². The highest BCUT2D eigenvalue weighted by atomic mass is 35.5. The normalized spacial score (nSPS) is 10.7. The molecule has 0 aliphatic heterocycles. The zero-order valence-corrected chi connectivity index (χ0v) is 13.3. The van der Waals surface area contributed by atoms with Crippen LogP contribution in [0.1, 0.15) is 17.0 Å². The number of aliphatic hydroxyl groups excluding tert-OH is 1. The van der Waals surface area contributed by atoms with Gasteiger partial charge in [0, 0.05) is 5.56 Å². The van der Waals surface area contributed by atoms with Crippen LogP contribution in [0.3, 0.4) is 0 Å². The van der Waals surface area contributed by atoms with E-state index in [-0.39, 0.29) is 6.61 Å². The highest BCUT2D eigenvalue weighted by molar-refractivity contribution is 6.33. The average molecular weight is 330 g/mol. The average Bonchev–Trinajstić information content (AvgIpc) is 3.03. The van der Waals surface area contributed by atoms with Crippen LogP contribution in [0.25, 0.3) is 11.5 Å². The van der Waals surface area contributed by atoms with Crippen molar-refractivity contribution in [1.82, 2.24) is 10.1 Å². The number of benzene rings is 2. The first-order valence-electron chi connectivity index (χ1n) is 7.19. The van der Waals surface area contributed by atoms with Gasteiger partial charge >= 0.3 is 0 Å². The second-order valence-electron chi connectivity index (χ2n) is 5.16. The lowest BCUT2D eigenvalue weighted by atomic mass is 10.1. The molecule has 3 aromatic rings. The summed E-state index contributed by atoms with van der Waals surface area (Å²) < 4.78 is 5.32. The number of rotatable bonds is 5. The number of halogens is 1. The van der Waals surface area contributed by atoms with Crippen molar-refractivity contribution in [2.24, 2.45) is 0 Å². The van der Waals surface area contributed by atoms with Gasteiger partial charge in [-0.05, 0) is 36.2 Å². The number of hydrogen-bond donors (Lipinski definition) is 2. The SMILES string of the molecule is Cc1ccccc1-c1nc(CNc2cc(CO)ccc2Cl)no1. The molecule has 1 aromatic heterocycles. The molecule has 23 heavy (non-hydrogen) atoms. The van der Waals surface area contributed by atoms with Crippen LogP contribution in [-0.4, -0.2) is 15.2 Å². The molecule has 0 atom stereocenters. The Morgan fingerprint density at radius 2 is 2.04 bits per heavy atom. The van der Waals surface area contributed by atoms with Gasteiger partial charge in [-0.15, -0.1) is 0 Å². The highest BCUT2D eigenvalue weighted by Gasteiger charge is 2.11. The Morgan fingerprint density at radius 1 is 1.22 bits per heavy atom. The van der Waals surface area contributed by atoms with Crippen LogP contribution >= 0.6 is 11.6 Å². The third-order valence-corrected chi connectivity index (χ3v) is 3.82. The molecular formula is C17H16ClN3O2. The molecule has 3 rings (SSSR count). The molecule has 0 fully saturated rings. The summed E-state index contributed by atoms with van der Waals surface area (Å²) in [7, 11) is 0. The molecule has 1 heterocycles. The monoisotopic (exact) mass is 329 g/mol. The fourth-order valence-corrected chi connectivity index (χ4v) is 2.41. The molecule has 0 bridgehead atoms. The molecule has 0 saturated carbocycles. The molecular weight excluding hydrogens is 314 g/mol. The van der Waals surface area contributed by atoms with E-state index in [9.17, 15) is 5.11 Å². The molecule has 6 heteroatoms. The smallest absolute Gasteiger partial charge is 0.258 e. The molecule has 0 unspecified atom stereocenters. The Bertz CT molecular complexity index is 817. The quantitative estimate of drug-likeness (QED) is 0.745. The summed E-state index contributed by atoms with van der Waals surface area (Å²) in [6.45, 7) is 2.34. The maximum absolute atomic E-state index is 9.18. The number of aromatic nitrogens is 2. The number of aliphatic hydroxyl groups is 1. The lowest BCUT2D eigenvalue weighted by molar-refractivity contribution is 0.282. The Labute approximate surface area is 138 Å². The van der Waals surface area contributed by atoms with Gasteiger partial charge < -0.3 is 14.9 Å². The molecule has 0 aliphatic carbocycles. The lowest BCUT2D eigenvalue weighted by Gasteiger charge is -2.07. The first kappa shape index (κ1) is 15.5. The van der Waals surface area contributed by atoms with Crippen molar-refractivity contribution in [2.45, 2.75) is 20.1 Å². The number of hydrogen-bond acceptors (Lipinski definition) is 5. The number of anilines is 1. The minimum atomic E-state index is -0.0362. The van der Waals surface area contributed by atoms with Crippen molar-refractivity contribution in [3.8, 4) is 11.5 Å². The van der Waals surface area contributed by atoms with Crippen LogP contribution in [0, 0.1) is 6.92 Å². The number of nitrogens with one attached hydrogen (secondary N) is 1. The van der Waals surface area contributed by atoms with Crippen molar-refractivity contribution in [3.05, 3.63) is 64.4 Å². The van der Waals surface area contributed by atoms with Gasteiger partial charge in [0.05, 0.1) is 23.9 Å². The Kier molecular flexibility index (Phi) is 4.60. The first-order valence-corrected chi connectivity index (χ1v) is 7.57. The van der Waals surface area contributed by atoms with E-state index in [0.29, 0.717) is 23.3 Å². The zero-order chi connectivity index (χ0) is 16.2. The van der Waals surface area contributed by atoms with E-state index in [2.05, 4.69) is 15.5 Å². The van der Waals surface area contributed by atoms with Gasteiger partial charge in [-0.2, -0.15) is 4.98 Å². The van der Waals surface area contributed by atoms with Gasteiger partial charge in [0.1, 0.15) is 0 Å². The second-order valence-corrected chi connectivity index (χ2v) is 5.56. The van der Waals surface area contributed by atoms with Crippen LogP contribution in [0.5, 0.6) is 0 Å². The van der Waals surface area contributed by atoms with Crippen molar-refractivity contribution in [2.75, 3.05) is 5.32 Å². The Hall–Kier alpha value is -2.37. The number of nitrogens with zero attached hydrogens (tertiary/aromatic N) is 2. The maximum atomic E-state index is 9.18. The molecule has 118 valence electrons. The molecule has 0 aliphatic rings. The largest absolute Gasteiger partial charge is 0.392 e. The minimum absolute atomic E-state index is 0.0362.